The summed E-state index contributed by atoms with van der Waals surface area (Å²) in [6, 6.07) is 5.97. The summed E-state index contributed by atoms with van der Waals surface area (Å²) < 4.78 is 32.3. The van der Waals surface area contributed by atoms with Gasteiger partial charge in [0.25, 0.3) is 5.56 Å². The van der Waals surface area contributed by atoms with Gasteiger partial charge < -0.3 is 9.47 Å². The molecular weight excluding hydrogens is 502 g/mol. The molecule has 0 atom stereocenters. The van der Waals surface area contributed by atoms with Crippen molar-refractivity contribution in [3.63, 3.8) is 0 Å². The van der Waals surface area contributed by atoms with Crippen molar-refractivity contribution in [1.82, 2.24) is 28.9 Å². The Kier molecular flexibility index (Phi) is 5.24. The van der Waals surface area contributed by atoms with Crippen molar-refractivity contribution >= 4 is 23.0 Å². The molecule has 1 aromatic carbocycles. The van der Waals surface area contributed by atoms with Crippen LogP contribution in [-0.4, -0.2) is 53.5 Å². The van der Waals surface area contributed by atoms with Crippen molar-refractivity contribution < 1.29 is 13.6 Å². The van der Waals surface area contributed by atoms with E-state index < -0.39 is 22.6 Å². The summed E-state index contributed by atoms with van der Waals surface area (Å²) >= 11 is 6.07. The molecule has 1 saturated carbocycles. The highest BCUT2D eigenvalue weighted by atomic mass is 35.5. The van der Waals surface area contributed by atoms with E-state index >= 15 is 0 Å². The molecule has 0 radical (unpaired) electrons. The van der Waals surface area contributed by atoms with E-state index in [0.29, 0.717) is 16.8 Å². The number of halogens is 3. The van der Waals surface area contributed by atoms with Crippen LogP contribution in [0.3, 0.4) is 0 Å². The van der Waals surface area contributed by atoms with Crippen molar-refractivity contribution in [2.24, 2.45) is 0 Å². The first-order chi connectivity index (χ1) is 17.7. The quantitative estimate of drug-likeness (QED) is 0.386. The molecule has 0 bridgehead atoms. The second-order valence-corrected chi connectivity index (χ2v) is 10.2. The number of carbonyl (C=O) groups excluding carboxylic acids is 1. The molecule has 8 nitrogen and oxygen atoms in total. The monoisotopic (exact) mass is 522 g/mol. The van der Waals surface area contributed by atoms with Gasteiger partial charge in [-0.3, -0.25) is 14.3 Å². The first kappa shape index (κ1) is 23.4. The van der Waals surface area contributed by atoms with Crippen LogP contribution in [0.2, 0.25) is 5.02 Å². The normalized spacial score (nSPS) is 17.2. The zero-order chi connectivity index (χ0) is 25.9. The molecule has 37 heavy (non-hydrogen) atoms. The number of benzene rings is 1. The summed E-state index contributed by atoms with van der Waals surface area (Å²) in [6.07, 6.45) is 8.22. The van der Waals surface area contributed by atoms with Gasteiger partial charge in [-0.15, -0.1) is 0 Å². The van der Waals surface area contributed by atoms with Crippen LogP contribution in [0.5, 0.6) is 0 Å². The smallest absolute Gasteiger partial charge is 0.277 e. The van der Waals surface area contributed by atoms with Gasteiger partial charge in [-0.05, 0) is 49.4 Å². The molecule has 188 valence electrons. The Bertz CT molecular complexity index is 1670. The highest BCUT2D eigenvalue weighted by Crippen LogP contribution is 2.42. The third kappa shape index (κ3) is 4.09. The third-order valence-electron chi connectivity index (χ3n) is 6.75. The van der Waals surface area contributed by atoms with Crippen LogP contribution < -0.4 is 5.56 Å². The summed E-state index contributed by atoms with van der Waals surface area (Å²) in [5.41, 5.74) is -0.990. The van der Waals surface area contributed by atoms with E-state index in [1.54, 1.807) is 17.1 Å². The lowest BCUT2D eigenvalue weighted by molar-refractivity contribution is -0.144. The number of nitrogens with zero attached hydrogens (tertiary/aromatic N) is 6. The van der Waals surface area contributed by atoms with E-state index in [-0.39, 0.29) is 36.1 Å². The summed E-state index contributed by atoms with van der Waals surface area (Å²) in [5.74, 6) is 5.41. The number of likely N-dealkylation sites (tertiary alicyclic amines) is 1. The van der Waals surface area contributed by atoms with E-state index in [1.165, 1.54) is 45.3 Å². The zero-order valence-electron chi connectivity index (χ0n) is 19.8. The second kappa shape index (κ2) is 8.28. The average molecular weight is 523 g/mol. The van der Waals surface area contributed by atoms with Crippen LogP contribution in [-0.2, 0) is 16.9 Å². The van der Waals surface area contributed by atoms with Gasteiger partial charge in [0.1, 0.15) is 34.8 Å². The maximum Gasteiger partial charge on any atom is 0.277 e. The largest absolute Gasteiger partial charge is 0.335 e. The molecule has 1 saturated heterocycles. The number of hydrogen-bond acceptors (Lipinski definition) is 4. The molecule has 2 fully saturated rings. The van der Waals surface area contributed by atoms with E-state index in [9.17, 15) is 18.4 Å². The SMILES string of the molecule is CC1(F)CN(C(=O)Cn2ccn3nc(C#CC4(n5cccn5)CC4)c(-c4ccc(F)c(Cl)c4)c3c2=O)C1. The lowest BCUT2D eigenvalue weighted by atomic mass is 9.99. The molecule has 4 heterocycles. The van der Waals surface area contributed by atoms with E-state index in [4.69, 9.17) is 11.6 Å². The maximum atomic E-state index is 14.0. The van der Waals surface area contributed by atoms with Gasteiger partial charge in [-0.2, -0.15) is 10.2 Å². The molecule has 1 aliphatic carbocycles. The molecule has 6 rings (SSSR count). The molecule has 0 unspecified atom stereocenters. The fourth-order valence-corrected chi connectivity index (χ4v) is 4.81. The van der Waals surface area contributed by atoms with Crippen LogP contribution in [0.1, 0.15) is 25.5 Å². The standard InChI is InChI=1S/C26H21ClF2N6O2/c1-25(29)15-33(16-25)21(36)14-32-11-12-34-23(24(32)37)22(17-3-4-19(28)18(27)13-17)20(31-34)5-6-26(7-8-26)35-10-2-9-30-35/h2-4,9-13H,7-8,14-16H2,1H3. The van der Waals surface area contributed by atoms with Crippen molar-refractivity contribution in [1.29, 1.82) is 0 Å². The van der Waals surface area contributed by atoms with Gasteiger partial charge in [0, 0.05) is 30.4 Å². The number of carbonyl (C=O) groups is 1. The Labute approximate surface area is 215 Å². The van der Waals surface area contributed by atoms with Crippen LogP contribution in [0.25, 0.3) is 16.6 Å². The number of aromatic nitrogens is 5. The number of rotatable bonds is 4. The minimum absolute atomic E-state index is 0.00736. The molecule has 0 N–H and O–H groups in total. The Morgan fingerprint density at radius 1 is 1.22 bits per heavy atom. The predicted molar refractivity (Wildman–Crippen MR) is 132 cm³/mol. The van der Waals surface area contributed by atoms with Gasteiger partial charge in [-0.1, -0.05) is 23.6 Å². The number of alkyl halides is 1. The lowest BCUT2D eigenvalue weighted by Crippen LogP contribution is -2.60. The van der Waals surface area contributed by atoms with Gasteiger partial charge >= 0.3 is 0 Å². The summed E-state index contributed by atoms with van der Waals surface area (Å²) in [5, 5.41) is 8.74. The van der Waals surface area contributed by atoms with E-state index in [2.05, 4.69) is 22.0 Å². The highest BCUT2D eigenvalue weighted by molar-refractivity contribution is 6.31. The van der Waals surface area contributed by atoms with Crippen LogP contribution >= 0.6 is 11.6 Å². The second-order valence-electron chi connectivity index (χ2n) is 9.77. The van der Waals surface area contributed by atoms with Crippen molar-refractivity contribution in [2.75, 3.05) is 13.1 Å². The first-order valence-corrected chi connectivity index (χ1v) is 12.1. The van der Waals surface area contributed by atoms with Crippen LogP contribution in [0.4, 0.5) is 8.78 Å². The molecule has 1 amide bonds. The summed E-state index contributed by atoms with van der Waals surface area (Å²) in [4.78, 5) is 27.6. The first-order valence-electron chi connectivity index (χ1n) is 11.7. The fourth-order valence-electron chi connectivity index (χ4n) is 4.63. The van der Waals surface area contributed by atoms with E-state index in [1.807, 2.05) is 12.3 Å². The number of amides is 1. The van der Waals surface area contributed by atoms with E-state index in [0.717, 1.165) is 12.8 Å². The Balaban J connectivity index is 1.46. The Hall–Kier alpha value is -3.97. The number of hydrogen-bond donors (Lipinski definition) is 0. The predicted octanol–water partition coefficient (Wildman–Crippen LogP) is 3.26. The summed E-state index contributed by atoms with van der Waals surface area (Å²) in [7, 11) is 0. The zero-order valence-corrected chi connectivity index (χ0v) is 20.5. The molecule has 2 aliphatic rings. The molecule has 4 aromatic rings. The van der Waals surface area contributed by atoms with Gasteiger partial charge in [-0.25, -0.2) is 13.3 Å². The minimum Gasteiger partial charge on any atom is -0.335 e. The third-order valence-corrected chi connectivity index (χ3v) is 7.04. The average Bonchev–Trinajstić information content (AvgIpc) is 3.25. The maximum absolute atomic E-state index is 14.0. The Morgan fingerprint density at radius 3 is 2.65 bits per heavy atom. The van der Waals surface area contributed by atoms with Gasteiger partial charge in [0.05, 0.1) is 18.1 Å². The molecule has 11 heteroatoms. The van der Waals surface area contributed by atoms with Gasteiger partial charge in [0.15, 0.2) is 0 Å². The highest BCUT2D eigenvalue weighted by Gasteiger charge is 2.44. The Morgan fingerprint density at radius 2 is 2.00 bits per heavy atom. The topological polar surface area (TPSA) is 77.4 Å². The van der Waals surface area contributed by atoms with Crippen molar-refractivity contribution in [2.45, 2.75) is 37.5 Å². The van der Waals surface area contributed by atoms with Crippen LogP contribution in [0.15, 0.2) is 53.8 Å². The molecule has 3 aromatic heterocycles. The molecule has 1 aliphatic heterocycles. The minimum atomic E-state index is -1.41. The van der Waals surface area contributed by atoms with Crippen LogP contribution in [0, 0.1) is 17.7 Å². The van der Waals surface area contributed by atoms with Crippen molar-refractivity contribution in [3.05, 3.63) is 75.9 Å². The molecule has 0 spiro atoms. The lowest BCUT2D eigenvalue weighted by Gasteiger charge is -2.42. The molecular formula is C26H21ClF2N6O2. The summed E-state index contributed by atoms with van der Waals surface area (Å²) in [6.45, 7) is 1.17. The fraction of sp³-hybridized carbons (Fsp3) is 0.308. The number of fused-ring (bicyclic) bond motifs is 1. The van der Waals surface area contributed by atoms with Crippen molar-refractivity contribution in [3.8, 4) is 23.0 Å². The van der Waals surface area contributed by atoms with Gasteiger partial charge in [0.2, 0.25) is 5.91 Å².